The molecule has 3 nitrogen and oxygen atoms in total. The molecule has 1 aromatic heterocycles. The van der Waals surface area contributed by atoms with Gasteiger partial charge in [0.2, 0.25) is 0 Å². The zero-order valence-corrected chi connectivity index (χ0v) is 22.5. The SMILES string of the molecule is Cc1cc2c3c(c1)N1c4c(cccc4-n4c5ccccc5c5cccc1c54)B3c1ccccc1N2c1ccccc1. The molecule has 6 aromatic carbocycles. The Hall–Kier alpha value is -5.22. The van der Waals surface area contributed by atoms with Crippen LogP contribution in [0.1, 0.15) is 5.56 Å². The van der Waals surface area contributed by atoms with Gasteiger partial charge in [0.25, 0.3) is 6.71 Å². The molecule has 3 aliphatic heterocycles. The maximum Gasteiger partial charge on any atom is 0.252 e. The fourth-order valence-corrected chi connectivity index (χ4v) is 7.83. The van der Waals surface area contributed by atoms with Gasteiger partial charge in [0, 0.05) is 33.5 Å². The third-order valence-corrected chi connectivity index (χ3v) is 9.29. The quantitative estimate of drug-likeness (QED) is 0.208. The van der Waals surface area contributed by atoms with Crippen molar-refractivity contribution in [1.29, 1.82) is 0 Å². The summed E-state index contributed by atoms with van der Waals surface area (Å²) in [5.41, 5.74) is 16.7. The number of fused-ring (bicyclic) bond motifs is 9. The van der Waals surface area contributed by atoms with Gasteiger partial charge in [-0.15, -0.1) is 0 Å². The van der Waals surface area contributed by atoms with E-state index < -0.39 is 0 Å². The molecule has 41 heavy (non-hydrogen) atoms. The van der Waals surface area contributed by atoms with Crippen LogP contribution < -0.4 is 26.2 Å². The Kier molecular flexibility index (Phi) is 3.95. The molecule has 3 aliphatic rings. The van der Waals surface area contributed by atoms with Gasteiger partial charge in [-0.3, -0.25) is 0 Å². The summed E-state index contributed by atoms with van der Waals surface area (Å²) < 4.78 is 2.50. The molecule has 190 valence electrons. The lowest BCUT2D eigenvalue weighted by molar-refractivity contribution is 1.11. The number of hydrogen-bond acceptors (Lipinski definition) is 2. The van der Waals surface area contributed by atoms with Gasteiger partial charge >= 0.3 is 0 Å². The summed E-state index contributed by atoms with van der Waals surface area (Å²) in [6.45, 7) is 2.38. The molecule has 10 rings (SSSR count). The Morgan fingerprint density at radius 1 is 0.512 bits per heavy atom. The van der Waals surface area contributed by atoms with E-state index in [-0.39, 0.29) is 6.71 Å². The van der Waals surface area contributed by atoms with Crippen LogP contribution in [0.3, 0.4) is 0 Å². The van der Waals surface area contributed by atoms with Crippen LogP contribution in [0.5, 0.6) is 0 Å². The molecule has 0 saturated carbocycles. The molecule has 0 unspecified atom stereocenters. The van der Waals surface area contributed by atoms with Crippen molar-refractivity contribution >= 4 is 79.0 Å². The second-order valence-corrected chi connectivity index (χ2v) is 11.5. The third kappa shape index (κ3) is 2.56. The Bertz CT molecular complexity index is 2250. The highest BCUT2D eigenvalue weighted by molar-refractivity contribution is 7.00. The normalized spacial score (nSPS) is 13.8. The van der Waals surface area contributed by atoms with E-state index in [1.165, 1.54) is 83.6 Å². The molecule has 0 amide bonds. The molecule has 0 radical (unpaired) electrons. The van der Waals surface area contributed by atoms with Gasteiger partial charge in [-0.25, -0.2) is 0 Å². The maximum absolute atomic E-state index is 2.56. The first-order chi connectivity index (χ1) is 20.3. The second kappa shape index (κ2) is 7.49. The predicted octanol–water partition coefficient (Wildman–Crippen LogP) is 7.49. The van der Waals surface area contributed by atoms with Crippen LogP contribution in [-0.2, 0) is 0 Å². The van der Waals surface area contributed by atoms with Gasteiger partial charge in [-0.05, 0) is 77.4 Å². The summed E-state index contributed by atoms with van der Waals surface area (Å²) in [5, 5.41) is 2.60. The average molecular weight is 521 g/mol. The van der Waals surface area contributed by atoms with E-state index in [0.717, 1.165) is 0 Å². The van der Waals surface area contributed by atoms with Gasteiger partial charge in [0.05, 0.1) is 28.1 Å². The highest BCUT2D eigenvalue weighted by atomic mass is 15.2. The van der Waals surface area contributed by atoms with Crippen LogP contribution in [0.4, 0.5) is 34.1 Å². The number of hydrogen-bond donors (Lipinski definition) is 0. The van der Waals surface area contributed by atoms with Gasteiger partial charge in [0.15, 0.2) is 0 Å². The highest BCUT2D eigenvalue weighted by Crippen LogP contribution is 2.52. The second-order valence-electron chi connectivity index (χ2n) is 11.5. The topological polar surface area (TPSA) is 11.4 Å². The van der Waals surface area contributed by atoms with Crippen molar-refractivity contribution in [3.8, 4) is 5.69 Å². The number of nitrogens with zero attached hydrogens (tertiary/aromatic N) is 3. The van der Waals surface area contributed by atoms with Crippen molar-refractivity contribution in [2.24, 2.45) is 0 Å². The Morgan fingerprint density at radius 2 is 1.17 bits per heavy atom. The zero-order valence-electron chi connectivity index (χ0n) is 22.5. The summed E-state index contributed by atoms with van der Waals surface area (Å²) in [5.74, 6) is 0. The standard InChI is InChI=1S/C37H24BN3/c1-23-21-33-35-34(22-23)41-31-19-9-14-26-25-13-5-7-17-29(25)40(36(26)31)32-20-10-16-28(37(32)41)38(35)27-15-6-8-18-30(27)39(33)24-11-3-2-4-12-24/h2-22H,1H3. The minimum atomic E-state index is 0.144. The Labute approximate surface area is 238 Å². The van der Waals surface area contributed by atoms with E-state index in [4.69, 9.17) is 0 Å². The maximum atomic E-state index is 2.56. The average Bonchev–Trinajstić information content (AvgIpc) is 3.36. The minimum absolute atomic E-state index is 0.144. The summed E-state index contributed by atoms with van der Waals surface area (Å²) in [4.78, 5) is 5.03. The number of para-hydroxylation sites is 5. The molecular formula is C37H24BN3. The van der Waals surface area contributed by atoms with Crippen LogP contribution in [0, 0.1) is 6.92 Å². The van der Waals surface area contributed by atoms with Crippen LogP contribution in [-0.4, -0.2) is 11.3 Å². The molecule has 4 heterocycles. The lowest BCUT2D eigenvalue weighted by Gasteiger charge is -2.46. The lowest BCUT2D eigenvalue weighted by Crippen LogP contribution is -2.61. The predicted molar refractivity (Wildman–Crippen MR) is 173 cm³/mol. The summed E-state index contributed by atoms with van der Waals surface area (Å²) >= 11 is 0. The Morgan fingerprint density at radius 3 is 2.07 bits per heavy atom. The fraction of sp³-hybridized carbons (Fsp3) is 0.0270. The monoisotopic (exact) mass is 521 g/mol. The van der Waals surface area contributed by atoms with Gasteiger partial charge in [0.1, 0.15) is 0 Å². The summed E-state index contributed by atoms with van der Waals surface area (Å²) in [7, 11) is 0. The van der Waals surface area contributed by atoms with Crippen molar-refractivity contribution in [1.82, 2.24) is 4.57 Å². The van der Waals surface area contributed by atoms with Crippen molar-refractivity contribution in [3.05, 3.63) is 133 Å². The molecule has 0 N–H and O–H groups in total. The fourth-order valence-electron chi connectivity index (χ4n) is 7.83. The molecule has 7 aromatic rings. The molecule has 4 heteroatoms. The lowest BCUT2D eigenvalue weighted by atomic mass is 9.33. The number of aryl methyl sites for hydroxylation is 1. The molecule has 0 spiro atoms. The van der Waals surface area contributed by atoms with Gasteiger partial charge < -0.3 is 14.4 Å². The first-order valence-corrected chi connectivity index (χ1v) is 14.3. The van der Waals surface area contributed by atoms with Crippen LogP contribution in [0.25, 0.3) is 27.5 Å². The Balaban J connectivity index is 1.39. The van der Waals surface area contributed by atoms with E-state index in [2.05, 4.69) is 149 Å². The smallest absolute Gasteiger partial charge is 0.252 e. The van der Waals surface area contributed by atoms with Gasteiger partial charge in [-0.1, -0.05) is 78.9 Å². The van der Waals surface area contributed by atoms with Crippen molar-refractivity contribution in [3.63, 3.8) is 0 Å². The molecule has 0 bridgehead atoms. The van der Waals surface area contributed by atoms with E-state index in [1.807, 2.05) is 0 Å². The molecule has 0 saturated heterocycles. The van der Waals surface area contributed by atoms with Crippen LogP contribution in [0.15, 0.2) is 127 Å². The number of anilines is 6. The van der Waals surface area contributed by atoms with E-state index in [1.54, 1.807) is 0 Å². The third-order valence-electron chi connectivity index (χ3n) is 9.29. The van der Waals surface area contributed by atoms with Gasteiger partial charge in [-0.2, -0.15) is 0 Å². The van der Waals surface area contributed by atoms with E-state index in [9.17, 15) is 0 Å². The van der Waals surface area contributed by atoms with E-state index in [0.29, 0.717) is 0 Å². The van der Waals surface area contributed by atoms with Crippen LogP contribution >= 0.6 is 0 Å². The van der Waals surface area contributed by atoms with Crippen LogP contribution in [0.2, 0.25) is 0 Å². The van der Waals surface area contributed by atoms with Crippen molar-refractivity contribution < 1.29 is 0 Å². The summed E-state index contributed by atoms with van der Waals surface area (Å²) in [6.07, 6.45) is 0. The molecule has 0 aliphatic carbocycles. The molecular weight excluding hydrogens is 497 g/mol. The first kappa shape index (κ1) is 21.6. The van der Waals surface area contributed by atoms with Crippen molar-refractivity contribution in [2.45, 2.75) is 6.92 Å². The van der Waals surface area contributed by atoms with Crippen molar-refractivity contribution in [2.75, 3.05) is 9.80 Å². The largest absolute Gasteiger partial charge is 0.311 e. The van der Waals surface area contributed by atoms with E-state index >= 15 is 0 Å². The molecule has 0 fully saturated rings. The number of aromatic nitrogens is 1. The first-order valence-electron chi connectivity index (χ1n) is 14.3. The number of benzene rings is 6. The summed E-state index contributed by atoms with van der Waals surface area (Å²) in [6, 6.07) is 47.1. The zero-order chi connectivity index (χ0) is 26.8. The highest BCUT2D eigenvalue weighted by Gasteiger charge is 2.45. The molecule has 0 atom stereocenters. The minimum Gasteiger partial charge on any atom is -0.311 e. The number of rotatable bonds is 1.